The molecule has 0 amide bonds. The van der Waals surface area contributed by atoms with Crippen LogP contribution >= 0.6 is 0 Å². The van der Waals surface area contributed by atoms with Crippen molar-refractivity contribution >= 4 is 11.8 Å². The van der Waals surface area contributed by atoms with Crippen LogP contribution in [0.25, 0.3) is 0 Å². The van der Waals surface area contributed by atoms with Crippen LogP contribution in [0.4, 0.5) is 5.82 Å². The Bertz CT molecular complexity index is 1050. The summed E-state index contributed by atoms with van der Waals surface area (Å²) in [6.45, 7) is 7.25. The fraction of sp³-hybridized carbons (Fsp3) is 0.615. The molecule has 10 heteroatoms. The number of nitrogens with zero attached hydrogens (tertiary/aromatic N) is 3. The number of esters is 1. The number of anilines is 1. The molecule has 200 valence electrons. The zero-order chi connectivity index (χ0) is 26.3. The molecule has 0 aliphatic heterocycles. The number of ether oxygens (including phenoxy) is 3. The van der Waals surface area contributed by atoms with E-state index in [4.69, 9.17) is 14.2 Å². The molecular weight excluding hydrogens is 464 g/mol. The molecule has 1 aromatic heterocycles. The van der Waals surface area contributed by atoms with Crippen molar-refractivity contribution in [1.82, 2.24) is 14.3 Å². The van der Waals surface area contributed by atoms with Crippen molar-refractivity contribution in [3.8, 4) is 11.5 Å². The minimum Gasteiger partial charge on any atom is -0.494 e. The Morgan fingerprint density at radius 1 is 1.03 bits per heavy atom. The summed E-state index contributed by atoms with van der Waals surface area (Å²) in [7, 11) is 1.55. The summed E-state index contributed by atoms with van der Waals surface area (Å²) in [6, 6.07) is 7.21. The average Bonchev–Trinajstić information content (AvgIpc) is 2.87. The first-order valence-corrected chi connectivity index (χ1v) is 12.8. The topological polar surface area (TPSA) is 114 Å². The second-order valence-corrected chi connectivity index (χ2v) is 8.69. The maximum Gasteiger partial charge on any atom is 0.347 e. The van der Waals surface area contributed by atoms with E-state index in [0.29, 0.717) is 44.0 Å². The van der Waals surface area contributed by atoms with Gasteiger partial charge in [0.15, 0.2) is 0 Å². The minimum absolute atomic E-state index is 0.172. The first kappa shape index (κ1) is 28.9. The number of rotatable bonds is 17. The standard InChI is InChI=1S/C26H40N4O6/c1-5-7-8-9-10-17-30-25(32)24(28-29(4)26(30)33)27-16-11-18-34-21-12-14-22(15-13-21)36-20(3)19-35-23(31)6-2/h12-15,20H,5-11,16-19H2,1-4H3,(H,27,28). The van der Waals surface area contributed by atoms with Gasteiger partial charge in [-0.2, -0.15) is 0 Å². The predicted molar refractivity (Wildman–Crippen MR) is 139 cm³/mol. The monoisotopic (exact) mass is 504 g/mol. The summed E-state index contributed by atoms with van der Waals surface area (Å²) < 4.78 is 19.0. The Morgan fingerprint density at radius 2 is 1.72 bits per heavy atom. The smallest absolute Gasteiger partial charge is 0.347 e. The highest BCUT2D eigenvalue weighted by molar-refractivity contribution is 5.68. The number of aromatic nitrogens is 3. The highest BCUT2D eigenvalue weighted by atomic mass is 16.6. The molecule has 0 bridgehead atoms. The molecule has 1 unspecified atom stereocenters. The van der Waals surface area contributed by atoms with E-state index in [1.165, 1.54) is 9.25 Å². The normalized spacial score (nSPS) is 11.7. The van der Waals surface area contributed by atoms with Crippen LogP contribution in [0.3, 0.4) is 0 Å². The molecule has 0 spiro atoms. The van der Waals surface area contributed by atoms with Crippen molar-refractivity contribution in [2.24, 2.45) is 7.05 Å². The summed E-state index contributed by atoms with van der Waals surface area (Å²) in [5.41, 5.74) is -0.781. The molecule has 1 N–H and O–H groups in total. The fourth-order valence-corrected chi connectivity index (χ4v) is 3.47. The third-order valence-electron chi connectivity index (χ3n) is 5.50. The van der Waals surface area contributed by atoms with Crippen LogP contribution in [0, 0.1) is 0 Å². The molecule has 0 aliphatic rings. The van der Waals surface area contributed by atoms with Gasteiger partial charge in [0.2, 0.25) is 5.82 Å². The van der Waals surface area contributed by atoms with Crippen molar-refractivity contribution in [3.05, 3.63) is 45.1 Å². The van der Waals surface area contributed by atoms with Gasteiger partial charge in [-0.05, 0) is 44.0 Å². The minimum atomic E-state index is -0.395. The first-order chi connectivity index (χ1) is 17.3. The highest BCUT2D eigenvalue weighted by Gasteiger charge is 2.11. The third kappa shape index (κ3) is 9.75. The van der Waals surface area contributed by atoms with Gasteiger partial charge >= 0.3 is 11.7 Å². The molecule has 0 saturated carbocycles. The number of carbonyl (C=O) groups is 1. The van der Waals surface area contributed by atoms with Crippen LogP contribution in [0.15, 0.2) is 33.9 Å². The van der Waals surface area contributed by atoms with Gasteiger partial charge in [0.25, 0.3) is 5.56 Å². The number of nitrogens with one attached hydrogen (secondary N) is 1. The molecular formula is C26H40N4O6. The van der Waals surface area contributed by atoms with Crippen LogP contribution in [0.1, 0.15) is 65.7 Å². The van der Waals surface area contributed by atoms with Gasteiger partial charge in [-0.3, -0.25) is 14.2 Å². The second kappa shape index (κ2) is 15.6. The number of aryl methyl sites for hydroxylation is 1. The van der Waals surface area contributed by atoms with Gasteiger partial charge in [0.05, 0.1) is 6.61 Å². The van der Waals surface area contributed by atoms with Crippen molar-refractivity contribution in [1.29, 1.82) is 0 Å². The molecule has 2 aromatic rings. The average molecular weight is 505 g/mol. The van der Waals surface area contributed by atoms with E-state index < -0.39 is 5.69 Å². The number of hydrogen-bond donors (Lipinski definition) is 1. The molecule has 1 heterocycles. The van der Waals surface area contributed by atoms with Gasteiger partial charge in [0.1, 0.15) is 24.2 Å². The second-order valence-electron chi connectivity index (χ2n) is 8.69. The number of hydrogen-bond acceptors (Lipinski definition) is 8. The Morgan fingerprint density at radius 3 is 2.42 bits per heavy atom. The molecule has 2 rings (SSSR count). The lowest BCUT2D eigenvalue weighted by molar-refractivity contribution is -0.145. The molecule has 0 aliphatic carbocycles. The number of carbonyl (C=O) groups excluding carboxylic acids is 1. The summed E-state index contributed by atoms with van der Waals surface area (Å²) >= 11 is 0. The highest BCUT2D eigenvalue weighted by Crippen LogP contribution is 2.19. The summed E-state index contributed by atoms with van der Waals surface area (Å²) in [5, 5.41) is 7.12. The Balaban J connectivity index is 1.76. The molecule has 10 nitrogen and oxygen atoms in total. The van der Waals surface area contributed by atoms with E-state index >= 15 is 0 Å². The molecule has 0 fully saturated rings. The molecule has 1 atom stereocenters. The summed E-state index contributed by atoms with van der Waals surface area (Å²) in [6.07, 6.45) is 5.92. The van der Waals surface area contributed by atoms with E-state index in [1.54, 1.807) is 38.2 Å². The van der Waals surface area contributed by atoms with Crippen LogP contribution < -0.4 is 26.0 Å². The number of unbranched alkanes of at least 4 members (excludes halogenated alkanes) is 4. The van der Waals surface area contributed by atoms with E-state index in [-0.39, 0.29) is 30.1 Å². The van der Waals surface area contributed by atoms with Gasteiger partial charge < -0.3 is 19.5 Å². The molecule has 1 aromatic carbocycles. The Hall–Kier alpha value is -3.30. The maximum absolute atomic E-state index is 12.7. The van der Waals surface area contributed by atoms with Crippen molar-refractivity contribution in [2.75, 3.05) is 25.1 Å². The molecule has 0 saturated heterocycles. The first-order valence-electron chi connectivity index (χ1n) is 12.8. The van der Waals surface area contributed by atoms with Crippen LogP contribution in [-0.4, -0.2) is 46.2 Å². The predicted octanol–water partition coefficient (Wildman–Crippen LogP) is 3.51. The lowest BCUT2D eigenvalue weighted by atomic mass is 10.1. The zero-order valence-corrected chi connectivity index (χ0v) is 22.0. The van der Waals surface area contributed by atoms with Gasteiger partial charge in [-0.1, -0.05) is 39.5 Å². The maximum atomic E-state index is 12.7. The SMILES string of the molecule is CCCCCCCn1c(=O)c(NCCCOc2ccc(OC(C)COC(=O)CC)cc2)nn(C)c1=O. The van der Waals surface area contributed by atoms with Crippen LogP contribution in [-0.2, 0) is 23.1 Å². The lowest BCUT2D eigenvalue weighted by Gasteiger charge is -2.15. The van der Waals surface area contributed by atoms with E-state index in [0.717, 1.165) is 32.1 Å². The fourth-order valence-electron chi connectivity index (χ4n) is 3.47. The largest absolute Gasteiger partial charge is 0.494 e. The van der Waals surface area contributed by atoms with Crippen molar-refractivity contribution in [3.63, 3.8) is 0 Å². The summed E-state index contributed by atoms with van der Waals surface area (Å²) in [4.78, 5) is 36.3. The quantitative estimate of drug-likeness (QED) is 0.257. The van der Waals surface area contributed by atoms with E-state index in [9.17, 15) is 14.4 Å². The molecule has 0 radical (unpaired) electrons. The van der Waals surface area contributed by atoms with Gasteiger partial charge in [0, 0.05) is 26.6 Å². The van der Waals surface area contributed by atoms with E-state index in [2.05, 4.69) is 17.3 Å². The molecule has 36 heavy (non-hydrogen) atoms. The Kier molecular flexibility index (Phi) is 12.6. The van der Waals surface area contributed by atoms with Crippen molar-refractivity contribution < 1.29 is 19.0 Å². The lowest BCUT2D eigenvalue weighted by Crippen LogP contribution is -2.42. The van der Waals surface area contributed by atoms with E-state index in [1.807, 2.05) is 6.92 Å². The van der Waals surface area contributed by atoms with Gasteiger partial charge in [-0.25, -0.2) is 9.48 Å². The zero-order valence-electron chi connectivity index (χ0n) is 22.0. The Labute approximate surface area is 212 Å². The van der Waals surface area contributed by atoms with Crippen LogP contribution in [0.2, 0.25) is 0 Å². The third-order valence-corrected chi connectivity index (χ3v) is 5.50. The van der Waals surface area contributed by atoms with Gasteiger partial charge in [-0.15, -0.1) is 5.10 Å². The summed E-state index contributed by atoms with van der Waals surface area (Å²) in [5.74, 6) is 1.27. The van der Waals surface area contributed by atoms with Crippen LogP contribution in [0.5, 0.6) is 11.5 Å². The van der Waals surface area contributed by atoms with Crippen molar-refractivity contribution in [2.45, 2.75) is 78.4 Å². The number of benzene rings is 1.